The SMILES string of the molecule is CC1CC(C)C(N2CCCCC2)C(C(O)CC2CC(=O)NC(=O)C2)C1. The molecule has 0 bridgehead atoms. The predicted octanol–water partition coefficient (Wildman–Crippen LogP) is 2.33. The number of amides is 2. The molecule has 3 rings (SSSR count). The van der Waals surface area contributed by atoms with Gasteiger partial charge in [0, 0.05) is 24.8 Å². The van der Waals surface area contributed by atoms with Gasteiger partial charge in [0.25, 0.3) is 0 Å². The van der Waals surface area contributed by atoms with Gasteiger partial charge in [-0.25, -0.2) is 0 Å². The van der Waals surface area contributed by atoms with E-state index in [1.54, 1.807) is 0 Å². The van der Waals surface area contributed by atoms with Crippen LogP contribution in [0.25, 0.3) is 0 Å². The fraction of sp³-hybridized carbons (Fsp3) is 0.900. The largest absolute Gasteiger partial charge is 0.393 e. The number of hydrogen-bond donors (Lipinski definition) is 2. The van der Waals surface area contributed by atoms with E-state index >= 15 is 0 Å². The molecular weight excluding hydrogens is 316 g/mol. The molecule has 1 saturated carbocycles. The van der Waals surface area contributed by atoms with E-state index in [0.717, 1.165) is 19.5 Å². The van der Waals surface area contributed by atoms with E-state index in [1.807, 2.05) is 0 Å². The second kappa shape index (κ2) is 8.17. The summed E-state index contributed by atoms with van der Waals surface area (Å²) in [5.41, 5.74) is 0. The summed E-state index contributed by atoms with van der Waals surface area (Å²) >= 11 is 0. The molecule has 5 nitrogen and oxygen atoms in total. The second-order valence-electron chi connectivity index (χ2n) is 8.85. The van der Waals surface area contributed by atoms with Gasteiger partial charge in [-0.15, -0.1) is 0 Å². The van der Waals surface area contributed by atoms with Crippen LogP contribution >= 0.6 is 0 Å². The van der Waals surface area contributed by atoms with Crippen molar-refractivity contribution in [3.05, 3.63) is 0 Å². The van der Waals surface area contributed by atoms with Gasteiger partial charge in [-0.2, -0.15) is 0 Å². The number of hydrogen-bond acceptors (Lipinski definition) is 4. The molecule has 0 radical (unpaired) electrons. The van der Waals surface area contributed by atoms with Gasteiger partial charge in [-0.3, -0.25) is 19.8 Å². The topological polar surface area (TPSA) is 69.6 Å². The minimum absolute atomic E-state index is 0.00852. The molecule has 2 amide bonds. The second-order valence-corrected chi connectivity index (χ2v) is 8.85. The van der Waals surface area contributed by atoms with Crippen molar-refractivity contribution in [2.45, 2.75) is 77.4 Å². The Bertz CT molecular complexity index is 473. The van der Waals surface area contributed by atoms with Crippen LogP contribution in [0.4, 0.5) is 0 Å². The zero-order valence-corrected chi connectivity index (χ0v) is 15.7. The molecule has 0 aromatic carbocycles. The molecule has 142 valence electrons. The van der Waals surface area contributed by atoms with E-state index < -0.39 is 6.10 Å². The van der Waals surface area contributed by atoms with E-state index in [-0.39, 0.29) is 23.7 Å². The lowest BCUT2D eigenvalue weighted by Gasteiger charge is -2.49. The predicted molar refractivity (Wildman–Crippen MR) is 96.8 cm³/mol. The van der Waals surface area contributed by atoms with Crippen LogP contribution in [0.3, 0.4) is 0 Å². The number of carbonyl (C=O) groups excluding carboxylic acids is 2. The maximum atomic E-state index is 11.6. The normalized spacial score (nSPS) is 36.9. The van der Waals surface area contributed by atoms with Crippen molar-refractivity contribution in [1.29, 1.82) is 0 Å². The Labute approximate surface area is 151 Å². The quantitative estimate of drug-likeness (QED) is 0.764. The van der Waals surface area contributed by atoms with Crippen molar-refractivity contribution >= 4 is 11.8 Å². The lowest BCUT2D eigenvalue weighted by Crippen LogP contribution is -2.53. The molecule has 25 heavy (non-hydrogen) atoms. The maximum absolute atomic E-state index is 11.6. The first kappa shape index (κ1) is 18.8. The molecule has 5 heteroatoms. The van der Waals surface area contributed by atoms with Crippen molar-refractivity contribution in [2.75, 3.05) is 13.1 Å². The van der Waals surface area contributed by atoms with Gasteiger partial charge >= 0.3 is 0 Å². The highest BCUT2D eigenvalue weighted by Crippen LogP contribution is 2.40. The number of nitrogens with zero attached hydrogens (tertiary/aromatic N) is 1. The summed E-state index contributed by atoms with van der Waals surface area (Å²) in [6.07, 6.45) is 7.03. The van der Waals surface area contributed by atoms with Crippen molar-refractivity contribution in [3.8, 4) is 0 Å². The lowest BCUT2D eigenvalue weighted by atomic mass is 9.68. The number of carbonyl (C=O) groups is 2. The van der Waals surface area contributed by atoms with E-state index in [9.17, 15) is 14.7 Å². The number of nitrogens with one attached hydrogen (secondary N) is 1. The minimum atomic E-state index is -0.416. The van der Waals surface area contributed by atoms with Crippen LogP contribution in [-0.2, 0) is 9.59 Å². The maximum Gasteiger partial charge on any atom is 0.226 e. The Morgan fingerprint density at radius 1 is 1.08 bits per heavy atom. The van der Waals surface area contributed by atoms with Gasteiger partial charge in [0.2, 0.25) is 11.8 Å². The van der Waals surface area contributed by atoms with Crippen LogP contribution in [0.15, 0.2) is 0 Å². The van der Waals surface area contributed by atoms with Crippen LogP contribution in [0.2, 0.25) is 0 Å². The molecule has 3 fully saturated rings. The van der Waals surface area contributed by atoms with Crippen molar-refractivity contribution in [1.82, 2.24) is 10.2 Å². The molecule has 2 heterocycles. The Morgan fingerprint density at radius 2 is 1.72 bits per heavy atom. The Hall–Kier alpha value is -0.940. The number of imide groups is 1. The third-order valence-corrected chi connectivity index (χ3v) is 6.58. The van der Waals surface area contributed by atoms with Crippen LogP contribution in [0.1, 0.15) is 65.2 Å². The number of aliphatic hydroxyl groups is 1. The highest BCUT2D eigenvalue weighted by molar-refractivity contribution is 5.97. The molecule has 5 atom stereocenters. The summed E-state index contributed by atoms with van der Waals surface area (Å²) in [7, 11) is 0. The van der Waals surface area contributed by atoms with Crippen LogP contribution in [0, 0.1) is 23.7 Å². The van der Waals surface area contributed by atoms with Gasteiger partial charge in [-0.05, 0) is 62.9 Å². The molecule has 0 aromatic rings. The number of aliphatic hydroxyl groups excluding tert-OH is 1. The summed E-state index contributed by atoms with van der Waals surface area (Å²) in [4.78, 5) is 25.9. The van der Waals surface area contributed by atoms with Crippen LogP contribution in [0.5, 0.6) is 0 Å². The minimum Gasteiger partial charge on any atom is -0.393 e. The Morgan fingerprint density at radius 3 is 2.36 bits per heavy atom. The molecule has 2 saturated heterocycles. The molecule has 1 aliphatic carbocycles. The first-order chi connectivity index (χ1) is 11.9. The van der Waals surface area contributed by atoms with Gasteiger partial charge in [0.05, 0.1) is 6.10 Å². The number of piperidine rings is 2. The van der Waals surface area contributed by atoms with E-state index in [2.05, 4.69) is 24.1 Å². The Kier molecular flexibility index (Phi) is 6.16. The highest BCUT2D eigenvalue weighted by atomic mass is 16.3. The van der Waals surface area contributed by atoms with E-state index in [4.69, 9.17) is 0 Å². The Balaban J connectivity index is 1.69. The zero-order valence-electron chi connectivity index (χ0n) is 15.7. The van der Waals surface area contributed by atoms with Crippen molar-refractivity contribution in [2.24, 2.45) is 23.7 Å². The number of rotatable bonds is 4. The van der Waals surface area contributed by atoms with Crippen LogP contribution in [-0.4, -0.2) is 47.1 Å². The van der Waals surface area contributed by atoms with Gasteiger partial charge in [0.1, 0.15) is 0 Å². The van der Waals surface area contributed by atoms with Crippen molar-refractivity contribution < 1.29 is 14.7 Å². The molecule has 5 unspecified atom stereocenters. The molecule has 0 aromatic heterocycles. The molecule has 3 aliphatic rings. The van der Waals surface area contributed by atoms with Gasteiger partial charge in [0.15, 0.2) is 0 Å². The summed E-state index contributed by atoms with van der Waals surface area (Å²) in [5, 5.41) is 13.4. The monoisotopic (exact) mass is 350 g/mol. The summed E-state index contributed by atoms with van der Waals surface area (Å²) in [5.74, 6) is 1.10. The summed E-state index contributed by atoms with van der Waals surface area (Å²) < 4.78 is 0. The van der Waals surface area contributed by atoms with Crippen LogP contribution < -0.4 is 5.32 Å². The van der Waals surface area contributed by atoms with Gasteiger partial charge in [-0.1, -0.05) is 20.3 Å². The summed E-state index contributed by atoms with van der Waals surface area (Å²) in [6, 6.07) is 0.444. The molecular formula is C20H34N2O3. The molecule has 2 N–H and O–H groups in total. The fourth-order valence-corrected chi connectivity index (χ4v) is 5.67. The highest BCUT2D eigenvalue weighted by Gasteiger charge is 2.42. The third kappa shape index (κ3) is 4.62. The molecule has 2 aliphatic heterocycles. The fourth-order valence-electron chi connectivity index (χ4n) is 5.67. The average molecular weight is 351 g/mol. The van der Waals surface area contributed by atoms with E-state index in [1.165, 1.54) is 25.7 Å². The van der Waals surface area contributed by atoms with Crippen molar-refractivity contribution in [3.63, 3.8) is 0 Å². The summed E-state index contributed by atoms with van der Waals surface area (Å²) in [6.45, 7) is 6.93. The third-order valence-electron chi connectivity index (χ3n) is 6.58. The number of likely N-dealkylation sites (tertiary alicyclic amines) is 1. The smallest absolute Gasteiger partial charge is 0.226 e. The first-order valence-corrected chi connectivity index (χ1v) is 10.2. The lowest BCUT2D eigenvalue weighted by molar-refractivity contribution is -0.135. The zero-order chi connectivity index (χ0) is 18.0. The average Bonchev–Trinajstić information content (AvgIpc) is 2.54. The standard InChI is InChI=1S/C20H34N2O3/c1-13-8-14(2)20(22-6-4-3-5-7-22)16(9-13)17(23)10-15-11-18(24)21-19(25)12-15/h13-17,20,23H,3-12H2,1-2H3,(H,21,24,25). The van der Waals surface area contributed by atoms with Gasteiger partial charge < -0.3 is 5.11 Å². The molecule has 0 spiro atoms. The van der Waals surface area contributed by atoms with E-state index in [0.29, 0.717) is 37.1 Å². The first-order valence-electron chi connectivity index (χ1n) is 10.2.